The maximum absolute atomic E-state index is 12.7. The molecule has 3 aliphatic rings. The van der Waals surface area contributed by atoms with Gasteiger partial charge in [0.05, 0.1) is 11.6 Å². The Kier molecular flexibility index (Phi) is 3.78. The van der Waals surface area contributed by atoms with Crippen molar-refractivity contribution in [2.45, 2.75) is 32.6 Å². The molecular formula is C19H23N3O3. The zero-order valence-electron chi connectivity index (χ0n) is 14.4. The van der Waals surface area contributed by atoms with Gasteiger partial charge in [-0.05, 0) is 55.9 Å². The van der Waals surface area contributed by atoms with E-state index in [1.54, 1.807) is 0 Å². The van der Waals surface area contributed by atoms with Crippen LogP contribution in [0.25, 0.3) is 0 Å². The number of hydrogen-bond donors (Lipinski definition) is 1. The zero-order chi connectivity index (χ0) is 17.6. The summed E-state index contributed by atoms with van der Waals surface area (Å²) in [6.07, 6.45) is 3.35. The highest BCUT2D eigenvalue weighted by molar-refractivity contribution is 5.95. The molecule has 6 nitrogen and oxygen atoms in total. The van der Waals surface area contributed by atoms with Crippen LogP contribution in [0.3, 0.4) is 0 Å². The highest BCUT2D eigenvalue weighted by atomic mass is 16.4. The standard InChI is InChI=1S/C19H23N3O3/c1-13-6-9-22(20-13)15-4-2-14(3-5-15)17(23)21-10-7-19(8-11-21)12-16(19)18(24)25/h2-5,16H,6-12H2,1H3,(H,24,25). The van der Waals surface area contributed by atoms with Crippen molar-refractivity contribution in [2.24, 2.45) is 16.4 Å². The van der Waals surface area contributed by atoms with E-state index >= 15 is 0 Å². The van der Waals surface area contributed by atoms with E-state index in [0.717, 1.165) is 43.6 Å². The summed E-state index contributed by atoms with van der Waals surface area (Å²) in [6, 6.07) is 7.62. The average molecular weight is 341 g/mol. The minimum absolute atomic E-state index is 0.0371. The van der Waals surface area contributed by atoms with Crippen LogP contribution in [0.4, 0.5) is 5.69 Å². The van der Waals surface area contributed by atoms with E-state index in [2.05, 4.69) is 5.10 Å². The maximum Gasteiger partial charge on any atom is 0.307 e. The molecule has 2 heterocycles. The Morgan fingerprint density at radius 2 is 1.84 bits per heavy atom. The third kappa shape index (κ3) is 2.90. The summed E-state index contributed by atoms with van der Waals surface area (Å²) in [7, 11) is 0. The number of anilines is 1. The Morgan fingerprint density at radius 3 is 2.36 bits per heavy atom. The highest BCUT2D eigenvalue weighted by Gasteiger charge is 2.59. The van der Waals surface area contributed by atoms with Crippen LogP contribution in [0.5, 0.6) is 0 Å². The molecule has 1 aliphatic carbocycles. The van der Waals surface area contributed by atoms with E-state index in [-0.39, 0.29) is 17.2 Å². The van der Waals surface area contributed by atoms with Crippen LogP contribution >= 0.6 is 0 Å². The summed E-state index contributed by atoms with van der Waals surface area (Å²) < 4.78 is 0. The number of carboxylic acid groups (broad SMARTS) is 1. The van der Waals surface area contributed by atoms with Gasteiger partial charge < -0.3 is 10.0 Å². The Balaban J connectivity index is 1.38. The van der Waals surface area contributed by atoms with Crippen molar-refractivity contribution in [3.8, 4) is 0 Å². The van der Waals surface area contributed by atoms with Gasteiger partial charge in [0.15, 0.2) is 0 Å². The van der Waals surface area contributed by atoms with Crippen molar-refractivity contribution in [1.29, 1.82) is 0 Å². The second-order valence-electron chi connectivity index (χ2n) is 7.50. The number of carbonyl (C=O) groups excluding carboxylic acids is 1. The molecule has 0 radical (unpaired) electrons. The first kappa shape index (κ1) is 16.1. The van der Waals surface area contributed by atoms with Gasteiger partial charge in [-0.15, -0.1) is 0 Å². The molecule has 1 aromatic rings. The molecule has 0 aromatic heterocycles. The van der Waals surface area contributed by atoms with Gasteiger partial charge >= 0.3 is 5.97 Å². The highest BCUT2D eigenvalue weighted by Crippen LogP contribution is 2.59. The molecule has 1 saturated heterocycles. The van der Waals surface area contributed by atoms with Crippen molar-refractivity contribution >= 4 is 23.3 Å². The number of likely N-dealkylation sites (tertiary alicyclic amines) is 1. The van der Waals surface area contributed by atoms with Crippen LogP contribution in [0, 0.1) is 11.3 Å². The number of carbonyl (C=O) groups is 2. The Bertz CT molecular complexity index is 733. The summed E-state index contributed by atoms with van der Waals surface area (Å²) >= 11 is 0. The molecule has 0 bridgehead atoms. The largest absolute Gasteiger partial charge is 0.481 e. The molecule has 2 aliphatic heterocycles. The fraction of sp³-hybridized carbons (Fsp3) is 0.526. The first-order chi connectivity index (χ1) is 12.0. The zero-order valence-corrected chi connectivity index (χ0v) is 14.4. The number of aliphatic carboxylic acids is 1. The van der Waals surface area contributed by atoms with E-state index in [4.69, 9.17) is 5.11 Å². The number of amides is 1. The minimum atomic E-state index is -0.685. The number of nitrogens with zero attached hydrogens (tertiary/aromatic N) is 3. The third-order valence-corrected chi connectivity index (χ3v) is 5.92. The van der Waals surface area contributed by atoms with E-state index in [1.807, 2.05) is 41.1 Å². The Hall–Kier alpha value is -2.37. The summed E-state index contributed by atoms with van der Waals surface area (Å²) in [5.41, 5.74) is 2.78. The molecule has 1 unspecified atom stereocenters. The maximum atomic E-state index is 12.7. The first-order valence-corrected chi connectivity index (χ1v) is 8.92. The number of carboxylic acids is 1. The summed E-state index contributed by atoms with van der Waals surface area (Å²) in [5, 5.41) is 15.6. The lowest BCUT2D eigenvalue weighted by molar-refractivity contribution is -0.139. The fourth-order valence-corrected chi connectivity index (χ4v) is 4.12. The number of rotatable bonds is 3. The molecule has 1 aromatic carbocycles. The lowest BCUT2D eigenvalue weighted by atomic mass is 9.90. The van der Waals surface area contributed by atoms with E-state index in [1.165, 1.54) is 0 Å². The molecule has 25 heavy (non-hydrogen) atoms. The van der Waals surface area contributed by atoms with E-state index in [0.29, 0.717) is 18.7 Å². The Labute approximate surface area is 147 Å². The summed E-state index contributed by atoms with van der Waals surface area (Å²) in [5.74, 6) is -0.848. The lowest BCUT2D eigenvalue weighted by Gasteiger charge is -2.32. The van der Waals surface area contributed by atoms with Gasteiger partial charge in [-0.25, -0.2) is 0 Å². The average Bonchev–Trinajstić information content (AvgIpc) is 3.15. The van der Waals surface area contributed by atoms with Crippen LogP contribution in [0.1, 0.15) is 43.0 Å². The molecular weight excluding hydrogens is 318 g/mol. The topological polar surface area (TPSA) is 73.2 Å². The van der Waals surface area contributed by atoms with Gasteiger partial charge in [0.2, 0.25) is 0 Å². The van der Waals surface area contributed by atoms with Gasteiger partial charge in [-0.2, -0.15) is 5.10 Å². The van der Waals surface area contributed by atoms with Crippen LogP contribution in [-0.4, -0.2) is 47.2 Å². The van der Waals surface area contributed by atoms with Crippen LogP contribution in [0.15, 0.2) is 29.4 Å². The normalized spacial score (nSPS) is 24.4. The predicted molar refractivity (Wildman–Crippen MR) is 94.8 cm³/mol. The minimum Gasteiger partial charge on any atom is -0.481 e. The smallest absolute Gasteiger partial charge is 0.307 e. The van der Waals surface area contributed by atoms with Gasteiger partial charge in [0.25, 0.3) is 5.91 Å². The SMILES string of the molecule is CC1=NN(c2ccc(C(=O)N3CCC4(CC3)CC4C(=O)O)cc2)CC1. The number of hydrazone groups is 1. The summed E-state index contributed by atoms with van der Waals surface area (Å²) in [6.45, 7) is 4.22. The molecule has 1 atom stereocenters. The second-order valence-corrected chi connectivity index (χ2v) is 7.50. The van der Waals surface area contributed by atoms with Gasteiger partial charge in [0, 0.05) is 37.3 Å². The molecule has 1 saturated carbocycles. The van der Waals surface area contributed by atoms with Crippen LogP contribution in [0.2, 0.25) is 0 Å². The molecule has 2 fully saturated rings. The third-order valence-electron chi connectivity index (χ3n) is 5.92. The fourth-order valence-electron chi connectivity index (χ4n) is 4.12. The van der Waals surface area contributed by atoms with Crippen molar-refractivity contribution in [3.63, 3.8) is 0 Å². The Morgan fingerprint density at radius 1 is 1.16 bits per heavy atom. The quantitative estimate of drug-likeness (QED) is 0.917. The van der Waals surface area contributed by atoms with Gasteiger partial charge in [-0.3, -0.25) is 14.6 Å². The second kappa shape index (κ2) is 5.86. The van der Waals surface area contributed by atoms with E-state index < -0.39 is 5.97 Å². The van der Waals surface area contributed by atoms with Crippen LogP contribution in [-0.2, 0) is 4.79 Å². The van der Waals surface area contributed by atoms with Crippen LogP contribution < -0.4 is 5.01 Å². The molecule has 132 valence electrons. The van der Waals surface area contributed by atoms with Gasteiger partial charge in [0.1, 0.15) is 0 Å². The molecule has 1 N–H and O–H groups in total. The van der Waals surface area contributed by atoms with Crippen molar-refractivity contribution in [2.75, 3.05) is 24.6 Å². The molecule has 1 spiro atoms. The number of benzene rings is 1. The number of hydrogen-bond acceptors (Lipinski definition) is 4. The molecule has 1 amide bonds. The predicted octanol–water partition coefficient (Wildman–Crippen LogP) is 2.60. The summed E-state index contributed by atoms with van der Waals surface area (Å²) in [4.78, 5) is 25.7. The monoisotopic (exact) mass is 341 g/mol. The van der Waals surface area contributed by atoms with E-state index in [9.17, 15) is 9.59 Å². The molecule has 6 heteroatoms. The van der Waals surface area contributed by atoms with Crippen molar-refractivity contribution < 1.29 is 14.7 Å². The molecule has 4 rings (SSSR count). The van der Waals surface area contributed by atoms with Crippen molar-refractivity contribution in [1.82, 2.24) is 4.90 Å². The lowest BCUT2D eigenvalue weighted by Crippen LogP contribution is -2.40. The number of piperidine rings is 1. The first-order valence-electron chi connectivity index (χ1n) is 8.92. The van der Waals surface area contributed by atoms with Gasteiger partial charge in [-0.1, -0.05) is 0 Å². The van der Waals surface area contributed by atoms with Crippen molar-refractivity contribution in [3.05, 3.63) is 29.8 Å².